The number of aromatic hydroxyl groups is 1. The molecular formula is C22H34Cl2OSiTi. The van der Waals surface area contributed by atoms with Gasteiger partial charge in [0.1, 0.15) is 5.75 Å². The number of hydrogen-bond acceptors (Lipinski definition) is 1. The van der Waals surface area contributed by atoms with Crippen molar-refractivity contribution in [2.24, 2.45) is 0 Å². The second kappa shape index (κ2) is 14.0. The third kappa shape index (κ3) is 10.9. The molecule has 27 heavy (non-hydrogen) atoms. The maximum Gasteiger partial charge on any atom is 0.117 e. The van der Waals surface area contributed by atoms with E-state index < -0.39 is 0 Å². The molecule has 2 rings (SSSR count). The van der Waals surface area contributed by atoms with E-state index in [4.69, 9.17) is 0 Å². The Kier molecular flexibility index (Phi) is 16.3. The Bertz CT molecular complexity index is 651. The Morgan fingerprint density at radius 1 is 1.04 bits per heavy atom. The van der Waals surface area contributed by atoms with Gasteiger partial charge in [0.2, 0.25) is 0 Å². The molecule has 150 valence electrons. The molecule has 1 aliphatic carbocycles. The Hall–Kier alpha value is -0.119. The van der Waals surface area contributed by atoms with Crippen LogP contribution in [0.1, 0.15) is 70.2 Å². The topological polar surface area (TPSA) is 20.2 Å². The van der Waals surface area contributed by atoms with Crippen molar-refractivity contribution in [2.75, 3.05) is 0 Å². The van der Waals surface area contributed by atoms with E-state index in [-0.39, 0.29) is 30.2 Å². The number of benzene rings is 1. The maximum absolute atomic E-state index is 10.0. The van der Waals surface area contributed by atoms with Gasteiger partial charge in [-0.3, -0.25) is 6.08 Å². The molecule has 0 unspecified atom stereocenters. The number of rotatable bonds is 0. The maximum atomic E-state index is 10.0. The van der Waals surface area contributed by atoms with Crippen molar-refractivity contribution in [1.82, 2.24) is 0 Å². The number of phenolic OH excluding ortho intramolecular Hbond substituents is 1. The molecule has 0 aromatic heterocycles. The van der Waals surface area contributed by atoms with Gasteiger partial charge in [-0.25, -0.2) is 11.6 Å². The van der Waals surface area contributed by atoms with Crippen LogP contribution >= 0.6 is 24.8 Å². The number of hydrogen-bond donors (Lipinski definition) is 1. The Morgan fingerprint density at radius 2 is 1.48 bits per heavy atom. The third-order valence-corrected chi connectivity index (χ3v) is 4.45. The third-order valence-electron chi connectivity index (χ3n) is 3.96. The molecule has 0 saturated heterocycles. The number of halogens is 2. The molecule has 0 aliphatic heterocycles. The van der Waals surface area contributed by atoms with E-state index >= 15 is 0 Å². The Morgan fingerprint density at radius 3 is 1.74 bits per heavy atom. The fraction of sp³-hybridized carbons (Fsp3) is 0.500. The summed E-state index contributed by atoms with van der Waals surface area (Å²) in [5.74, 6) is 0.375. The molecule has 1 nitrogen and oxygen atoms in total. The molecule has 1 aromatic rings. The minimum Gasteiger partial charge on any atom is -0.508 e. The summed E-state index contributed by atoms with van der Waals surface area (Å²) in [6.45, 7) is 18.8. The molecule has 1 aliphatic rings. The summed E-state index contributed by atoms with van der Waals surface area (Å²) >= 11 is 2.08. The summed E-state index contributed by atoms with van der Waals surface area (Å²) in [7, 11) is 3.56. The number of phenols is 1. The van der Waals surface area contributed by atoms with Gasteiger partial charge in [0, 0.05) is 0 Å². The van der Waals surface area contributed by atoms with Crippen LogP contribution in [0.15, 0.2) is 17.7 Å². The van der Waals surface area contributed by atoms with Gasteiger partial charge < -0.3 is 5.11 Å². The molecule has 0 heterocycles. The van der Waals surface area contributed by atoms with Gasteiger partial charge in [-0.1, -0.05) is 27.7 Å². The van der Waals surface area contributed by atoms with Crippen LogP contribution in [0.2, 0.25) is 0 Å². The van der Waals surface area contributed by atoms with Crippen LogP contribution in [0.5, 0.6) is 5.75 Å². The minimum absolute atomic E-state index is 0. The van der Waals surface area contributed by atoms with Gasteiger partial charge in [-0.15, -0.1) is 31.2 Å². The molecule has 5 heteroatoms. The smallest absolute Gasteiger partial charge is 0.117 e. The van der Waals surface area contributed by atoms with E-state index in [1.807, 2.05) is 6.92 Å². The summed E-state index contributed by atoms with van der Waals surface area (Å²) in [5, 5.41) is 10.8. The van der Waals surface area contributed by atoms with E-state index in [0.29, 0.717) is 5.75 Å². The predicted octanol–water partition coefficient (Wildman–Crippen LogP) is 5.69. The fourth-order valence-electron chi connectivity index (χ4n) is 2.59. The standard InChI is InChI=1S/C13H19OSi.C6H7.C3H6.2ClH.Ti/c1-7-8(2)10(13(4,5)6)12(15)11(14)9(7)3;1-6-4-2-3-5-6;1-3-2;;;/h14H,1-6H3;2,4H,3H2,1H3;1-2H3;2*1H;/q;-1;;;;+1. The molecule has 3 radical (unpaired) electrons. The average Bonchev–Trinajstić information content (AvgIpc) is 2.93. The van der Waals surface area contributed by atoms with Gasteiger partial charge >= 0.3 is 37.6 Å². The summed E-state index contributed by atoms with van der Waals surface area (Å²) in [5.41, 5.74) is 5.92. The quantitative estimate of drug-likeness (QED) is 0.389. The zero-order chi connectivity index (χ0) is 19.9. The molecular weight excluding hydrogens is 427 g/mol. The van der Waals surface area contributed by atoms with Crippen molar-refractivity contribution >= 4 is 44.1 Å². The van der Waals surface area contributed by atoms with Gasteiger partial charge in [-0.2, -0.15) is 6.08 Å². The minimum atomic E-state index is 0. The first-order valence-electron chi connectivity index (χ1n) is 8.61. The van der Waals surface area contributed by atoms with Crippen LogP contribution in [0, 0.1) is 26.8 Å². The van der Waals surface area contributed by atoms with E-state index in [0.717, 1.165) is 17.2 Å². The average molecular weight is 461 g/mol. The fourth-order valence-corrected chi connectivity index (χ4v) is 3.34. The molecule has 0 amide bonds. The molecule has 0 bridgehead atoms. The summed E-state index contributed by atoms with van der Waals surface area (Å²) in [4.78, 5) is 0. The van der Waals surface area contributed by atoms with Crippen LogP contribution in [0.3, 0.4) is 0 Å². The van der Waals surface area contributed by atoms with Crippen molar-refractivity contribution in [2.45, 2.75) is 74.1 Å². The number of allylic oxidation sites excluding steroid dienone is 4. The molecule has 0 fully saturated rings. The van der Waals surface area contributed by atoms with Crippen molar-refractivity contribution < 1.29 is 25.1 Å². The zero-order valence-corrected chi connectivity index (χ0v) is 22.3. The van der Waals surface area contributed by atoms with Crippen LogP contribution < -0.4 is 5.19 Å². The van der Waals surface area contributed by atoms with Crippen molar-refractivity contribution in [3.8, 4) is 5.75 Å². The van der Waals surface area contributed by atoms with Crippen molar-refractivity contribution in [3.63, 3.8) is 0 Å². The van der Waals surface area contributed by atoms with E-state index in [1.165, 1.54) is 26.1 Å². The van der Waals surface area contributed by atoms with Crippen LogP contribution in [0.25, 0.3) is 0 Å². The van der Waals surface area contributed by atoms with Crippen LogP contribution in [0.4, 0.5) is 0 Å². The molecule has 1 N–H and O–H groups in total. The zero-order valence-electron chi connectivity index (χ0n) is 18.1. The van der Waals surface area contributed by atoms with Crippen molar-refractivity contribution in [1.29, 1.82) is 0 Å². The second-order valence-electron chi connectivity index (χ2n) is 7.69. The van der Waals surface area contributed by atoms with Gasteiger partial charge in [0.15, 0.2) is 0 Å². The van der Waals surface area contributed by atoms with Crippen LogP contribution in [-0.2, 0) is 25.4 Å². The normalized spacial score (nSPS) is 11.8. The van der Waals surface area contributed by atoms with Gasteiger partial charge in [-0.05, 0) is 53.6 Å². The monoisotopic (exact) mass is 460 g/mol. The first kappa shape index (κ1) is 31.6. The Balaban J connectivity index is -0.000000400. The summed E-state index contributed by atoms with van der Waals surface area (Å²) in [6.07, 6.45) is 8.33. The van der Waals surface area contributed by atoms with E-state index in [9.17, 15) is 5.11 Å². The first-order chi connectivity index (χ1) is 11.3. The van der Waals surface area contributed by atoms with Gasteiger partial charge in [0.25, 0.3) is 0 Å². The SMILES string of the molecule is CC1=[C-]CC=C1.C[C](C)=[Ti+].Cc1c(C)c(O)c([Si])c(C(C)(C)C)c1C.Cl.Cl. The van der Waals surface area contributed by atoms with E-state index in [1.54, 1.807) is 0 Å². The predicted molar refractivity (Wildman–Crippen MR) is 123 cm³/mol. The second-order valence-corrected chi connectivity index (χ2v) is 9.75. The summed E-state index contributed by atoms with van der Waals surface area (Å²) < 4.78 is 1.42. The van der Waals surface area contributed by atoms with Crippen LogP contribution in [-0.4, -0.2) is 19.2 Å². The summed E-state index contributed by atoms with van der Waals surface area (Å²) in [6, 6.07) is 0. The molecule has 0 spiro atoms. The van der Waals surface area contributed by atoms with Gasteiger partial charge in [0.05, 0.1) is 10.2 Å². The first-order valence-corrected chi connectivity index (χ1v) is 9.89. The molecule has 1 aromatic carbocycles. The molecule has 0 atom stereocenters. The van der Waals surface area contributed by atoms with E-state index in [2.05, 4.69) is 104 Å². The largest absolute Gasteiger partial charge is 0.508 e. The Labute approximate surface area is 194 Å². The van der Waals surface area contributed by atoms with Crippen molar-refractivity contribution in [3.05, 3.63) is 46.1 Å². The molecule has 0 saturated carbocycles.